The first-order chi connectivity index (χ1) is 8.99. The van der Waals surface area contributed by atoms with Crippen LogP contribution in [0.5, 0.6) is 0 Å². The van der Waals surface area contributed by atoms with Crippen LogP contribution in [0.4, 0.5) is 0 Å². The summed E-state index contributed by atoms with van der Waals surface area (Å²) in [6, 6.07) is 5.87. The molecule has 6 heteroatoms. The molecule has 0 radical (unpaired) electrons. The quantitative estimate of drug-likeness (QED) is 0.874. The molecule has 2 rings (SSSR count). The minimum absolute atomic E-state index is 0. The minimum Gasteiger partial charge on any atom is -0.314 e. The molecule has 0 amide bonds. The van der Waals surface area contributed by atoms with E-state index < -0.39 is 10.0 Å². The number of benzene rings is 1. The van der Waals surface area contributed by atoms with Crippen molar-refractivity contribution < 1.29 is 8.42 Å². The number of rotatable bonds is 5. The smallest absolute Gasteiger partial charge is 0.240 e. The Balaban J connectivity index is 0.00000200. The van der Waals surface area contributed by atoms with Gasteiger partial charge >= 0.3 is 0 Å². The summed E-state index contributed by atoms with van der Waals surface area (Å²) >= 11 is 0. The molecule has 1 aliphatic heterocycles. The zero-order valence-electron chi connectivity index (χ0n) is 12.0. The molecule has 2 N–H and O–H groups in total. The molecule has 1 aliphatic rings. The van der Waals surface area contributed by atoms with Crippen LogP contribution >= 0.6 is 12.4 Å². The van der Waals surface area contributed by atoms with Crippen molar-refractivity contribution in [1.29, 1.82) is 0 Å². The summed E-state index contributed by atoms with van der Waals surface area (Å²) in [5.41, 5.74) is 1.87. The van der Waals surface area contributed by atoms with Crippen LogP contribution < -0.4 is 10.0 Å². The van der Waals surface area contributed by atoms with E-state index in [4.69, 9.17) is 0 Å². The summed E-state index contributed by atoms with van der Waals surface area (Å²) in [7, 11) is -3.38. The van der Waals surface area contributed by atoms with Crippen molar-refractivity contribution in [2.75, 3.05) is 13.1 Å². The van der Waals surface area contributed by atoms with Gasteiger partial charge in [0, 0.05) is 12.6 Å². The van der Waals surface area contributed by atoms with Crippen LogP contribution in [0.15, 0.2) is 23.1 Å². The Hall–Kier alpha value is -0.620. The van der Waals surface area contributed by atoms with Crippen LogP contribution in [0.3, 0.4) is 0 Å². The highest BCUT2D eigenvalue weighted by atomic mass is 35.5. The Morgan fingerprint density at radius 2 is 2.10 bits per heavy atom. The third kappa shape index (κ3) is 4.45. The lowest BCUT2D eigenvalue weighted by atomic mass is 10.2. The number of aryl methyl sites for hydroxylation is 2. The standard InChI is InChI=1S/C14H22N2O2S.ClH/c1-11-5-6-14(12(2)10-11)19(17,18)16-9-7-13-4-3-8-15-13;/h5-6,10,13,15-16H,3-4,7-9H2,1-2H3;1H/t13-;/m1./s1. The van der Waals surface area contributed by atoms with Crippen molar-refractivity contribution in [3.8, 4) is 0 Å². The number of halogens is 1. The van der Waals surface area contributed by atoms with Crippen LogP contribution in [-0.2, 0) is 10.0 Å². The van der Waals surface area contributed by atoms with Gasteiger partial charge in [-0.1, -0.05) is 17.7 Å². The predicted octanol–water partition coefficient (Wildman–Crippen LogP) is 2.15. The second-order valence-corrected chi connectivity index (χ2v) is 6.98. The van der Waals surface area contributed by atoms with Gasteiger partial charge in [-0.3, -0.25) is 0 Å². The lowest BCUT2D eigenvalue weighted by Crippen LogP contribution is -2.31. The van der Waals surface area contributed by atoms with Crippen molar-refractivity contribution in [3.05, 3.63) is 29.3 Å². The molecule has 1 aromatic rings. The normalized spacial score (nSPS) is 18.8. The van der Waals surface area contributed by atoms with E-state index in [2.05, 4.69) is 10.0 Å². The first kappa shape index (κ1) is 17.4. The maximum atomic E-state index is 12.2. The van der Waals surface area contributed by atoms with Crippen molar-refractivity contribution in [2.24, 2.45) is 0 Å². The molecule has 0 bridgehead atoms. The molecule has 1 aromatic carbocycles. The molecule has 114 valence electrons. The summed E-state index contributed by atoms with van der Waals surface area (Å²) < 4.78 is 27.1. The van der Waals surface area contributed by atoms with E-state index in [1.54, 1.807) is 6.07 Å². The van der Waals surface area contributed by atoms with Crippen molar-refractivity contribution in [1.82, 2.24) is 10.0 Å². The SMILES string of the molecule is Cc1ccc(S(=O)(=O)NCC[C@H]2CCCN2)c(C)c1.Cl. The molecule has 1 atom stereocenters. The zero-order chi connectivity index (χ0) is 13.9. The molecular weight excluding hydrogens is 296 g/mol. The summed E-state index contributed by atoms with van der Waals surface area (Å²) in [5.74, 6) is 0. The lowest BCUT2D eigenvalue weighted by molar-refractivity contribution is 0.539. The van der Waals surface area contributed by atoms with Crippen LogP contribution in [-0.4, -0.2) is 27.5 Å². The molecule has 0 aliphatic carbocycles. The molecule has 1 fully saturated rings. The zero-order valence-corrected chi connectivity index (χ0v) is 13.6. The van der Waals surface area contributed by atoms with Gasteiger partial charge in [0.1, 0.15) is 0 Å². The Bertz CT molecular complexity index is 540. The van der Waals surface area contributed by atoms with Crippen molar-refractivity contribution in [2.45, 2.75) is 44.0 Å². The van der Waals surface area contributed by atoms with Gasteiger partial charge in [0.2, 0.25) is 10.0 Å². The van der Waals surface area contributed by atoms with E-state index in [0.29, 0.717) is 17.5 Å². The molecule has 4 nitrogen and oxygen atoms in total. The highest BCUT2D eigenvalue weighted by molar-refractivity contribution is 7.89. The molecular formula is C14H23ClN2O2S. The largest absolute Gasteiger partial charge is 0.314 e. The molecule has 20 heavy (non-hydrogen) atoms. The van der Waals surface area contributed by atoms with Gasteiger partial charge in [-0.25, -0.2) is 13.1 Å². The highest BCUT2D eigenvalue weighted by Gasteiger charge is 2.18. The van der Waals surface area contributed by atoms with Crippen LogP contribution in [0.2, 0.25) is 0 Å². The van der Waals surface area contributed by atoms with E-state index in [9.17, 15) is 8.42 Å². The summed E-state index contributed by atoms with van der Waals surface area (Å²) in [6.07, 6.45) is 3.18. The first-order valence-corrected chi connectivity index (χ1v) is 8.28. The first-order valence-electron chi connectivity index (χ1n) is 6.79. The van der Waals surface area contributed by atoms with Crippen molar-refractivity contribution in [3.63, 3.8) is 0 Å². The summed E-state index contributed by atoms with van der Waals surface area (Å²) in [5, 5.41) is 3.37. The monoisotopic (exact) mass is 318 g/mol. The minimum atomic E-state index is -3.38. The number of sulfonamides is 1. The molecule has 0 aromatic heterocycles. The lowest BCUT2D eigenvalue weighted by Gasteiger charge is -2.12. The second-order valence-electron chi connectivity index (χ2n) is 5.25. The average Bonchev–Trinajstić information content (AvgIpc) is 2.81. The number of nitrogens with one attached hydrogen (secondary N) is 2. The van der Waals surface area contributed by atoms with Crippen LogP contribution in [0.1, 0.15) is 30.4 Å². The fourth-order valence-electron chi connectivity index (χ4n) is 2.55. The fraction of sp³-hybridized carbons (Fsp3) is 0.571. The van der Waals surface area contributed by atoms with Gasteiger partial charge in [0.05, 0.1) is 4.90 Å². The molecule has 0 saturated carbocycles. The Morgan fingerprint density at radius 1 is 1.35 bits per heavy atom. The van der Waals surface area contributed by atoms with E-state index >= 15 is 0 Å². The molecule has 1 saturated heterocycles. The third-order valence-electron chi connectivity index (χ3n) is 3.57. The van der Waals surface area contributed by atoms with Gasteiger partial charge in [0.15, 0.2) is 0 Å². The summed E-state index contributed by atoms with van der Waals surface area (Å²) in [4.78, 5) is 0.387. The number of hydrogen-bond acceptors (Lipinski definition) is 3. The van der Waals surface area contributed by atoms with Crippen LogP contribution in [0, 0.1) is 13.8 Å². The maximum Gasteiger partial charge on any atom is 0.240 e. The van der Waals surface area contributed by atoms with E-state index in [-0.39, 0.29) is 12.4 Å². The van der Waals surface area contributed by atoms with Gasteiger partial charge in [0.25, 0.3) is 0 Å². The van der Waals surface area contributed by atoms with E-state index in [0.717, 1.165) is 30.5 Å². The van der Waals surface area contributed by atoms with Gasteiger partial charge in [-0.15, -0.1) is 12.4 Å². The molecule has 0 spiro atoms. The highest BCUT2D eigenvalue weighted by Crippen LogP contribution is 2.16. The van der Waals surface area contributed by atoms with Crippen LogP contribution in [0.25, 0.3) is 0 Å². The van der Waals surface area contributed by atoms with Crippen molar-refractivity contribution >= 4 is 22.4 Å². The predicted molar refractivity (Wildman–Crippen MR) is 84.0 cm³/mol. The third-order valence-corrected chi connectivity index (χ3v) is 5.19. The van der Waals surface area contributed by atoms with E-state index in [1.807, 2.05) is 26.0 Å². The Labute approximate surface area is 127 Å². The fourth-order valence-corrected chi connectivity index (χ4v) is 3.82. The average molecular weight is 319 g/mol. The second kappa shape index (κ2) is 7.41. The Morgan fingerprint density at radius 3 is 2.70 bits per heavy atom. The number of hydrogen-bond donors (Lipinski definition) is 2. The van der Waals surface area contributed by atoms with E-state index in [1.165, 1.54) is 6.42 Å². The van der Waals surface area contributed by atoms with Gasteiger partial charge in [-0.2, -0.15) is 0 Å². The van der Waals surface area contributed by atoms with Gasteiger partial charge < -0.3 is 5.32 Å². The molecule has 1 heterocycles. The topological polar surface area (TPSA) is 58.2 Å². The maximum absolute atomic E-state index is 12.2. The summed E-state index contributed by atoms with van der Waals surface area (Å²) in [6.45, 7) is 5.34. The van der Waals surface area contributed by atoms with Gasteiger partial charge in [-0.05, 0) is 51.3 Å². The Kier molecular flexibility index (Phi) is 6.45. The molecule has 0 unspecified atom stereocenters.